The summed E-state index contributed by atoms with van der Waals surface area (Å²) in [5.74, 6) is 0.456. The fourth-order valence-electron chi connectivity index (χ4n) is 5.00. The fourth-order valence-corrected chi connectivity index (χ4v) is 5.11. The van der Waals surface area contributed by atoms with Crippen LogP contribution in [0.25, 0.3) is 21.8 Å². The Morgan fingerprint density at radius 3 is 2.91 bits per heavy atom. The summed E-state index contributed by atoms with van der Waals surface area (Å²) in [6, 6.07) is 10.8. The van der Waals surface area contributed by atoms with Gasteiger partial charge in [-0.05, 0) is 56.4 Å². The highest BCUT2D eigenvalue weighted by molar-refractivity contribution is 6.29. The summed E-state index contributed by atoms with van der Waals surface area (Å²) in [6.07, 6.45) is 4.92. The number of carbonyl (C=O) groups excluding carboxylic acids is 1. The largest absolute Gasteiger partial charge is 0.360 e. The summed E-state index contributed by atoms with van der Waals surface area (Å²) >= 11 is 5.80. The molecule has 34 heavy (non-hydrogen) atoms. The minimum absolute atomic E-state index is 0.0597. The average Bonchev–Trinajstić information content (AvgIpc) is 3.24. The molecule has 1 N–H and O–H groups in total. The Balaban J connectivity index is 1.46. The quantitative estimate of drug-likeness (QED) is 0.433. The number of aromatic nitrogens is 3. The molecule has 172 valence electrons. The third-order valence-electron chi connectivity index (χ3n) is 6.62. The number of amides is 1. The zero-order valence-electron chi connectivity index (χ0n) is 18.5. The average molecular weight is 476 g/mol. The molecule has 1 aliphatic rings. The summed E-state index contributed by atoms with van der Waals surface area (Å²) < 4.78 is 7.15. The van der Waals surface area contributed by atoms with Gasteiger partial charge in [0.1, 0.15) is 21.8 Å². The van der Waals surface area contributed by atoms with Crippen LogP contribution < -0.4 is 10.9 Å². The first-order chi connectivity index (χ1) is 16.5. The van der Waals surface area contributed by atoms with Crippen LogP contribution in [0, 0.1) is 24.2 Å². The van der Waals surface area contributed by atoms with E-state index in [0.717, 1.165) is 25.7 Å². The van der Waals surface area contributed by atoms with Crippen LogP contribution in [0.5, 0.6) is 0 Å². The Hall–Kier alpha value is -3.70. The minimum atomic E-state index is -0.200. The van der Waals surface area contributed by atoms with E-state index in [-0.39, 0.29) is 23.4 Å². The van der Waals surface area contributed by atoms with Gasteiger partial charge in [0.25, 0.3) is 11.5 Å². The lowest BCUT2D eigenvalue weighted by Gasteiger charge is -2.31. The lowest BCUT2D eigenvalue weighted by atomic mass is 9.85. The van der Waals surface area contributed by atoms with Gasteiger partial charge < -0.3 is 14.4 Å². The second kappa shape index (κ2) is 8.92. The smallest absolute Gasteiger partial charge is 0.264 e. The maximum atomic E-state index is 13.6. The maximum absolute atomic E-state index is 13.6. The summed E-state index contributed by atoms with van der Waals surface area (Å²) in [6.45, 7) is 2.22. The first-order valence-corrected chi connectivity index (χ1v) is 11.6. The molecule has 5 rings (SSSR count). The number of nitrogens with one attached hydrogen (secondary N) is 1. The number of benzene rings is 1. The monoisotopic (exact) mass is 475 g/mol. The number of halogens is 1. The number of nitrogens with zero attached hydrogens (tertiary/aromatic N) is 4. The van der Waals surface area contributed by atoms with E-state index in [2.05, 4.69) is 21.5 Å². The molecule has 9 heteroatoms. The highest BCUT2D eigenvalue weighted by Crippen LogP contribution is 2.35. The molecule has 3 heterocycles. The van der Waals surface area contributed by atoms with Crippen molar-refractivity contribution in [3.05, 3.63) is 68.9 Å². The van der Waals surface area contributed by atoms with Crippen molar-refractivity contribution in [1.82, 2.24) is 20.0 Å². The van der Waals surface area contributed by atoms with Gasteiger partial charge in [0.05, 0.1) is 22.7 Å². The number of carbonyl (C=O) groups is 1. The Kier molecular flexibility index (Phi) is 5.80. The van der Waals surface area contributed by atoms with Crippen molar-refractivity contribution in [1.29, 1.82) is 5.26 Å². The second-order valence-electron chi connectivity index (χ2n) is 8.72. The van der Waals surface area contributed by atoms with Crippen molar-refractivity contribution in [3.63, 3.8) is 0 Å². The Morgan fingerprint density at radius 2 is 2.15 bits per heavy atom. The standard InChI is InChI=1S/C25H22ClN5O3/c1-14-21-23(30-34-14)22-16(11-27)5-3-7-19(22)31(25(21)33)18-6-2-4-15(10-18)12-29-24(32)17-8-9-20(26)28-13-17/h3,5,7-9,13,15,18H,2,4,6,10,12H2,1H3,(H,29,32). The Labute approximate surface area is 200 Å². The molecule has 0 saturated heterocycles. The molecule has 4 aromatic rings. The number of rotatable bonds is 4. The fraction of sp³-hybridized carbons (Fsp3) is 0.320. The summed E-state index contributed by atoms with van der Waals surface area (Å²) in [5, 5.41) is 18.2. The highest BCUT2D eigenvalue weighted by Gasteiger charge is 2.28. The molecule has 0 bridgehead atoms. The predicted molar refractivity (Wildman–Crippen MR) is 128 cm³/mol. The molecule has 0 radical (unpaired) electrons. The molecule has 2 unspecified atom stereocenters. The summed E-state index contributed by atoms with van der Waals surface area (Å²) in [4.78, 5) is 30.1. The van der Waals surface area contributed by atoms with Crippen molar-refractivity contribution in [2.45, 2.75) is 38.6 Å². The first kappa shape index (κ1) is 22.1. The molecule has 3 aromatic heterocycles. The van der Waals surface area contributed by atoms with E-state index in [0.29, 0.717) is 50.4 Å². The van der Waals surface area contributed by atoms with E-state index in [1.54, 1.807) is 35.8 Å². The van der Waals surface area contributed by atoms with Crippen molar-refractivity contribution < 1.29 is 9.32 Å². The molecule has 0 aliphatic heterocycles. The van der Waals surface area contributed by atoms with Gasteiger partial charge in [0.15, 0.2) is 0 Å². The van der Waals surface area contributed by atoms with Gasteiger partial charge in [-0.15, -0.1) is 0 Å². The Bertz CT molecular complexity index is 1500. The zero-order valence-corrected chi connectivity index (χ0v) is 19.3. The van der Waals surface area contributed by atoms with Crippen LogP contribution >= 0.6 is 11.6 Å². The number of hydrogen-bond donors (Lipinski definition) is 1. The van der Waals surface area contributed by atoms with E-state index >= 15 is 0 Å². The molecule has 0 spiro atoms. The third kappa shape index (κ3) is 3.82. The van der Waals surface area contributed by atoms with Crippen LogP contribution in [0.15, 0.2) is 45.8 Å². The molecular weight excluding hydrogens is 454 g/mol. The zero-order chi connectivity index (χ0) is 23.8. The van der Waals surface area contributed by atoms with E-state index < -0.39 is 0 Å². The highest BCUT2D eigenvalue weighted by atomic mass is 35.5. The van der Waals surface area contributed by atoms with Gasteiger partial charge in [0, 0.05) is 24.2 Å². The lowest BCUT2D eigenvalue weighted by molar-refractivity contribution is 0.0940. The van der Waals surface area contributed by atoms with Gasteiger partial charge in [-0.2, -0.15) is 5.26 Å². The van der Waals surface area contributed by atoms with Gasteiger partial charge >= 0.3 is 0 Å². The van der Waals surface area contributed by atoms with Crippen molar-refractivity contribution in [3.8, 4) is 6.07 Å². The molecule has 8 nitrogen and oxygen atoms in total. The summed E-state index contributed by atoms with van der Waals surface area (Å²) in [7, 11) is 0. The second-order valence-corrected chi connectivity index (χ2v) is 9.10. The normalized spacial score (nSPS) is 18.1. The van der Waals surface area contributed by atoms with Crippen LogP contribution in [0.4, 0.5) is 0 Å². The van der Waals surface area contributed by atoms with Crippen LogP contribution in [0.3, 0.4) is 0 Å². The number of nitriles is 1. The van der Waals surface area contributed by atoms with Gasteiger partial charge in [0.2, 0.25) is 0 Å². The van der Waals surface area contributed by atoms with Crippen molar-refractivity contribution in [2.75, 3.05) is 6.54 Å². The first-order valence-electron chi connectivity index (χ1n) is 11.2. The van der Waals surface area contributed by atoms with E-state index in [9.17, 15) is 14.9 Å². The molecule has 1 amide bonds. The topological polar surface area (TPSA) is 114 Å². The van der Waals surface area contributed by atoms with E-state index in [4.69, 9.17) is 16.1 Å². The minimum Gasteiger partial charge on any atom is -0.360 e. The van der Waals surface area contributed by atoms with Crippen LogP contribution in [0.2, 0.25) is 5.15 Å². The molecule has 1 aliphatic carbocycles. The van der Waals surface area contributed by atoms with Crippen LogP contribution in [-0.2, 0) is 0 Å². The summed E-state index contributed by atoms with van der Waals surface area (Å²) in [5.41, 5.74) is 1.88. The van der Waals surface area contributed by atoms with Gasteiger partial charge in [-0.1, -0.05) is 29.2 Å². The van der Waals surface area contributed by atoms with E-state index in [1.165, 1.54) is 6.20 Å². The SMILES string of the molecule is Cc1onc2c1c(=O)n(C1CCCC(CNC(=O)c3ccc(Cl)nc3)C1)c1cccc(C#N)c21. The number of pyridine rings is 2. The third-order valence-corrected chi connectivity index (χ3v) is 6.84. The number of hydrogen-bond acceptors (Lipinski definition) is 6. The molecule has 1 saturated carbocycles. The van der Waals surface area contributed by atoms with Crippen LogP contribution in [-0.4, -0.2) is 27.2 Å². The van der Waals surface area contributed by atoms with Gasteiger partial charge in [-0.25, -0.2) is 4.98 Å². The lowest BCUT2D eigenvalue weighted by Crippen LogP contribution is -2.34. The van der Waals surface area contributed by atoms with Crippen molar-refractivity contribution >= 4 is 39.3 Å². The molecule has 1 aromatic carbocycles. The predicted octanol–water partition coefficient (Wildman–Crippen LogP) is 4.53. The number of aryl methyl sites for hydroxylation is 1. The van der Waals surface area contributed by atoms with E-state index in [1.807, 2.05) is 6.07 Å². The molecule has 2 atom stereocenters. The van der Waals surface area contributed by atoms with Gasteiger partial charge in [-0.3, -0.25) is 9.59 Å². The Morgan fingerprint density at radius 1 is 1.29 bits per heavy atom. The maximum Gasteiger partial charge on any atom is 0.264 e. The van der Waals surface area contributed by atoms with Crippen molar-refractivity contribution in [2.24, 2.45) is 5.92 Å². The molecular formula is C25H22ClN5O3. The van der Waals surface area contributed by atoms with Crippen LogP contribution in [0.1, 0.15) is 53.4 Å². The number of fused-ring (bicyclic) bond motifs is 3. The molecule has 1 fully saturated rings.